The molecule has 1 aliphatic heterocycles. The van der Waals surface area contributed by atoms with Crippen molar-refractivity contribution in [3.8, 4) is 11.1 Å². The van der Waals surface area contributed by atoms with Gasteiger partial charge in [-0.05, 0) is 46.0 Å². The molecule has 1 aliphatic rings. The summed E-state index contributed by atoms with van der Waals surface area (Å²) in [7, 11) is 0. The van der Waals surface area contributed by atoms with Gasteiger partial charge in [-0.25, -0.2) is 0 Å². The molecule has 1 heterocycles. The molecule has 0 aliphatic carbocycles. The Kier molecular flexibility index (Phi) is 10.9. The van der Waals surface area contributed by atoms with E-state index in [0.717, 1.165) is 39.1 Å². The summed E-state index contributed by atoms with van der Waals surface area (Å²) in [6, 6.07) is 34.3. The van der Waals surface area contributed by atoms with Crippen molar-refractivity contribution in [3.63, 3.8) is 0 Å². The summed E-state index contributed by atoms with van der Waals surface area (Å²) in [5, 5.41) is 21.1. The SMILES string of the molecule is C[C@@H]1[C@H](CSc2ccccc2)O[C@H](c2ccc(-c3cccc(CNC(=O)CCC(=O)O)c3)cc2)O[C@@H]1c1ccc(CO)cc1. The van der Waals surface area contributed by atoms with Gasteiger partial charge in [-0.15, -0.1) is 11.8 Å². The van der Waals surface area contributed by atoms with E-state index in [-0.39, 0.29) is 43.5 Å². The van der Waals surface area contributed by atoms with Crippen LogP contribution in [-0.4, -0.2) is 33.9 Å². The zero-order chi connectivity index (χ0) is 30.9. The van der Waals surface area contributed by atoms with Crippen LogP contribution >= 0.6 is 11.8 Å². The summed E-state index contributed by atoms with van der Waals surface area (Å²) < 4.78 is 13.2. The second-order valence-electron chi connectivity index (χ2n) is 10.9. The van der Waals surface area contributed by atoms with E-state index in [1.165, 1.54) is 4.90 Å². The number of aliphatic hydroxyl groups excluding tert-OH is 1. The van der Waals surface area contributed by atoms with E-state index in [1.54, 1.807) is 11.8 Å². The third-order valence-electron chi connectivity index (χ3n) is 7.78. The summed E-state index contributed by atoms with van der Waals surface area (Å²) in [6.07, 6.45) is -0.999. The Morgan fingerprint density at radius 1 is 0.795 bits per heavy atom. The number of benzene rings is 4. The van der Waals surface area contributed by atoms with Gasteiger partial charge < -0.3 is 25.0 Å². The highest BCUT2D eigenvalue weighted by Gasteiger charge is 2.38. The zero-order valence-corrected chi connectivity index (χ0v) is 25.4. The van der Waals surface area contributed by atoms with Crippen molar-refractivity contribution in [2.75, 3.05) is 5.75 Å². The Morgan fingerprint density at radius 2 is 1.52 bits per heavy atom. The molecule has 1 saturated heterocycles. The molecule has 5 rings (SSSR count). The van der Waals surface area contributed by atoms with Crippen LogP contribution in [0, 0.1) is 5.92 Å². The number of aliphatic carboxylic acids is 1. The normalized spacial score (nSPS) is 19.8. The molecule has 1 fully saturated rings. The standard InChI is InChI=1S/C36H37NO6S/c1-24-32(23-44-31-8-3-2-4-9-31)42-36(43-35(24)28-12-10-25(22-38)11-13-28)29-16-14-27(15-17-29)30-7-5-6-26(20-30)21-37-33(39)18-19-34(40)41/h2-17,20,24,32,35-36,38H,18-19,21-23H2,1H3,(H,37,39)(H,40,41)/t24-,32+,35+,36+/m1/s1. The van der Waals surface area contributed by atoms with Crippen LogP contribution in [0.5, 0.6) is 0 Å². The Hall–Kier alpha value is -3.95. The molecule has 0 bridgehead atoms. The van der Waals surface area contributed by atoms with E-state index < -0.39 is 12.3 Å². The molecule has 0 spiro atoms. The van der Waals surface area contributed by atoms with Crippen LogP contribution in [0.15, 0.2) is 108 Å². The maximum absolute atomic E-state index is 12.0. The van der Waals surface area contributed by atoms with Crippen LogP contribution in [0.1, 0.15) is 54.4 Å². The lowest BCUT2D eigenvalue weighted by molar-refractivity contribution is -0.268. The highest BCUT2D eigenvalue weighted by atomic mass is 32.2. The maximum Gasteiger partial charge on any atom is 0.303 e. The van der Waals surface area contributed by atoms with Gasteiger partial charge in [0.25, 0.3) is 0 Å². The van der Waals surface area contributed by atoms with Gasteiger partial charge in [-0.3, -0.25) is 9.59 Å². The van der Waals surface area contributed by atoms with E-state index in [1.807, 2.05) is 91.0 Å². The van der Waals surface area contributed by atoms with E-state index in [2.05, 4.69) is 24.4 Å². The van der Waals surface area contributed by atoms with Crippen LogP contribution in [0.2, 0.25) is 0 Å². The minimum absolute atomic E-state index is 0.000118. The molecule has 7 nitrogen and oxygen atoms in total. The van der Waals surface area contributed by atoms with Gasteiger partial charge >= 0.3 is 5.97 Å². The Balaban J connectivity index is 1.31. The second kappa shape index (κ2) is 15.2. The van der Waals surface area contributed by atoms with E-state index in [9.17, 15) is 14.7 Å². The topological polar surface area (TPSA) is 105 Å². The molecule has 3 N–H and O–H groups in total. The largest absolute Gasteiger partial charge is 0.481 e. The lowest BCUT2D eigenvalue weighted by Crippen LogP contribution is -2.38. The summed E-state index contributed by atoms with van der Waals surface area (Å²) >= 11 is 1.78. The van der Waals surface area contributed by atoms with Gasteiger partial charge in [0.15, 0.2) is 6.29 Å². The predicted octanol–water partition coefficient (Wildman–Crippen LogP) is 6.91. The van der Waals surface area contributed by atoms with Gasteiger partial charge in [-0.1, -0.05) is 91.9 Å². The average molecular weight is 612 g/mol. The van der Waals surface area contributed by atoms with Gasteiger partial charge in [-0.2, -0.15) is 0 Å². The first-order valence-electron chi connectivity index (χ1n) is 14.8. The number of nitrogens with one attached hydrogen (secondary N) is 1. The third-order valence-corrected chi connectivity index (χ3v) is 8.88. The predicted molar refractivity (Wildman–Crippen MR) is 171 cm³/mol. The number of carboxylic acids is 1. The number of rotatable bonds is 12. The highest BCUT2D eigenvalue weighted by molar-refractivity contribution is 7.99. The minimum atomic E-state index is -0.988. The average Bonchev–Trinajstić information content (AvgIpc) is 3.06. The Bertz CT molecular complexity index is 1530. The molecule has 0 saturated carbocycles. The van der Waals surface area contributed by atoms with E-state index in [0.29, 0.717) is 6.54 Å². The van der Waals surface area contributed by atoms with Crippen molar-refractivity contribution in [2.24, 2.45) is 5.92 Å². The zero-order valence-electron chi connectivity index (χ0n) is 24.6. The first-order valence-corrected chi connectivity index (χ1v) is 15.7. The summed E-state index contributed by atoms with van der Waals surface area (Å²) in [5.74, 6) is -0.382. The molecule has 4 atom stereocenters. The van der Waals surface area contributed by atoms with Crippen molar-refractivity contribution in [2.45, 2.75) is 56.3 Å². The molecule has 0 radical (unpaired) electrons. The van der Waals surface area contributed by atoms with Crippen LogP contribution in [0.3, 0.4) is 0 Å². The summed E-state index contributed by atoms with van der Waals surface area (Å²) in [4.78, 5) is 23.9. The molecule has 1 amide bonds. The first kappa shape index (κ1) is 31.5. The number of amides is 1. The Morgan fingerprint density at radius 3 is 2.23 bits per heavy atom. The number of hydrogen-bond donors (Lipinski definition) is 3. The van der Waals surface area contributed by atoms with Crippen LogP contribution < -0.4 is 5.32 Å². The van der Waals surface area contributed by atoms with Gasteiger partial charge in [0, 0.05) is 35.1 Å². The molecular formula is C36H37NO6S. The quantitative estimate of drug-likeness (QED) is 0.150. The molecule has 8 heteroatoms. The lowest BCUT2D eigenvalue weighted by Gasteiger charge is -2.41. The van der Waals surface area contributed by atoms with Crippen LogP contribution in [0.4, 0.5) is 0 Å². The number of carbonyl (C=O) groups excluding carboxylic acids is 1. The van der Waals surface area contributed by atoms with Crippen molar-refractivity contribution < 1.29 is 29.3 Å². The molecule has 0 unspecified atom stereocenters. The number of hydrogen-bond acceptors (Lipinski definition) is 6. The molecular weight excluding hydrogens is 574 g/mol. The smallest absolute Gasteiger partial charge is 0.303 e. The molecule has 228 valence electrons. The van der Waals surface area contributed by atoms with Crippen molar-refractivity contribution in [1.29, 1.82) is 0 Å². The van der Waals surface area contributed by atoms with E-state index in [4.69, 9.17) is 14.6 Å². The fourth-order valence-corrected chi connectivity index (χ4v) is 6.30. The molecule has 44 heavy (non-hydrogen) atoms. The van der Waals surface area contributed by atoms with Gasteiger partial charge in [0.2, 0.25) is 5.91 Å². The maximum atomic E-state index is 12.0. The number of carbonyl (C=O) groups is 2. The lowest BCUT2D eigenvalue weighted by atomic mass is 9.91. The molecule has 4 aromatic rings. The van der Waals surface area contributed by atoms with Crippen LogP contribution in [-0.2, 0) is 32.2 Å². The number of ether oxygens (including phenoxy) is 2. The Labute approximate surface area is 262 Å². The van der Waals surface area contributed by atoms with Gasteiger partial charge in [0.05, 0.1) is 25.2 Å². The fraction of sp³-hybridized carbons (Fsp3) is 0.278. The second-order valence-corrected chi connectivity index (χ2v) is 12.0. The molecule has 4 aromatic carbocycles. The molecule has 0 aromatic heterocycles. The fourth-order valence-electron chi connectivity index (χ4n) is 5.21. The monoisotopic (exact) mass is 611 g/mol. The van der Waals surface area contributed by atoms with Crippen molar-refractivity contribution in [1.82, 2.24) is 5.32 Å². The number of aliphatic hydroxyl groups is 1. The summed E-state index contributed by atoms with van der Waals surface area (Å²) in [6.45, 7) is 2.50. The van der Waals surface area contributed by atoms with Crippen LogP contribution in [0.25, 0.3) is 11.1 Å². The van der Waals surface area contributed by atoms with Crippen molar-refractivity contribution >= 4 is 23.6 Å². The minimum Gasteiger partial charge on any atom is -0.481 e. The van der Waals surface area contributed by atoms with Crippen molar-refractivity contribution in [3.05, 3.63) is 125 Å². The number of carboxylic acid groups (broad SMARTS) is 1. The first-order chi connectivity index (χ1) is 21.4. The third kappa shape index (κ3) is 8.36. The summed E-state index contributed by atoms with van der Waals surface area (Å²) in [5.41, 5.74) is 5.80. The highest BCUT2D eigenvalue weighted by Crippen LogP contribution is 2.43. The van der Waals surface area contributed by atoms with E-state index >= 15 is 0 Å². The van der Waals surface area contributed by atoms with Gasteiger partial charge in [0.1, 0.15) is 0 Å². The number of thioether (sulfide) groups is 1.